The van der Waals surface area contributed by atoms with Crippen molar-refractivity contribution >= 4 is 23.8 Å². The van der Waals surface area contributed by atoms with Crippen LogP contribution in [0.1, 0.15) is 33.6 Å². The van der Waals surface area contributed by atoms with Crippen molar-refractivity contribution in [1.29, 1.82) is 0 Å². The first-order valence-corrected chi connectivity index (χ1v) is 6.06. The van der Waals surface area contributed by atoms with E-state index in [0.717, 1.165) is 0 Å². The van der Waals surface area contributed by atoms with Gasteiger partial charge < -0.3 is 20.8 Å². The van der Waals surface area contributed by atoms with Crippen molar-refractivity contribution < 1.29 is 29.4 Å². The molecule has 0 radical (unpaired) electrons. The Balaban J connectivity index is 4.30. The summed E-state index contributed by atoms with van der Waals surface area (Å²) in [5, 5.41) is 21.9. The summed E-state index contributed by atoms with van der Waals surface area (Å²) in [4.78, 5) is 44.2. The largest absolute Gasteiger partial charge is 0.481 e. The summed E-state index contributed by atoms with van der Waals surface area (Å²) in [6, 6.07) is -1.29. The van der Waals surface area contributed by atoms with Crippen molar-refractivity contribution in [2.45, 2.75) is 39.7 Å². The summed E-state index contributed by atoms with van der Waals surface area (Å²) in [5.41, 5.74) is -0.657. The molecule has 0 bridgehead atoms. The number of aliphatic carboxylic acids is 2. The van der Waals surface area contributed by atoms with Crippen LogP contribution in [0.2, 0.25) is 0 Å². The van der Waals surface area contributed by atoms with E-state index in [4.69, 9.17) is 10.2 Å². The van der Waals surface area contributed by atoms with E-state index in [0.29, 0.717) is 0 Å². The Morgan fingerprint density at radius 3 is 2.05 bits per heavy atom. The van der Waals surface area contributed by atoms with Crippen molar-refractivity contribution in [2.24, 2.45) is 5.41 Å². The van der Waals surface area contributed by atoms with Gasteiger partial charge in [-0.2, -0.15) is 0 Å². The predicted octanol–water partition coefficient (Wildman–Crippen LogP) is -0.417. The van der Waals surface area contributed by atoms with Crippen molar-refractivity contribution in [3.8, 4) is 0 Å². The Labute approximate surface area is 116 Å². The van der Waals surface area contributed by atoms with Crippen molar-refractivity contribution in [1.82, 2.24) is 10.6 Å². The van der Waals surface area contributed by atoms with Crippen LogP contribution >= 0.6 is 0 Å². The summed E-state index contributed by atoms with van der Waals surface area (Å²) in [5.74, 6) is -3.49. The molecule has 4 N–H and O–H groups in total. The number of hydrogen-bond donors (Lipinski definition) is 4. The van der Waals surface area contributed by atoms with Gasteiger partial charge in [-0.15, -0.1) is 0 Å². The Hall–Kier alpha value is -2.12. The van der Waals surface area contributed by atoms with E-state index in [9.17, 15) is 19.2 Å². The fourth-order valence-electron chi connectivity index (χ4n) is 1.20. The number of carbonyl (C=O) groups is 4. The van der Waals surface area contributed by atoms with Crippen LogP contribution in [0, 0.1) is 5.41 Å². The van der Waals surface area contributed by atoms with E-state index in [1.165, 1.54) is 0 Å². The van der Waals surface area contributed by atoms with Crippen LogP contribution in [-0.2, 0) is 19.2 Å². The molecule has 0 aliphatic carbocycles. The summed E-state index contributed by atoms with van der Waals surface area (Å²) >= 11 is 0. The Bertz CT molecular complexity index is 399. The van der Waals surface area contributed by atoms with E-state index in [1.54, 1.807) is 20.8 Å². The molecule has 0 rings (SSSR count). The van der Waals surface area contributed by atoms with E-state index < -0.39 is 29.3 Å². The summed E-state index contributed by atoms with van der Waals surface area (Å²) in [7, 11) is 0. The van der Waals surface area contributed by atoms with Gasteiger partial charge in [0, 0.05) is 11.8 Å². The number of carbonyl (C=O) groups excluding carboxylic acids is 2. The molecule has 0 saturated heterocycles. The first kappa shape index (κ1) is 17.9. The highest BCUT2D eigenvalue weighted by molar-refractivity contribution is 5.89. The zero-order chi connectivity index (χ0) is 15.9. The molecular formula is C12H20N2O6. The quantitative estimate of drug-likeness (QED) is 0.503. The number of carboxylic acid groups (broad SMARTS) is 2. The van der Waals surface area contributed by atoms with E-state index in [2.05, 4.69) is 10.6 Å². The van der Waals surface area contributed by atoms with Gasteiger partial charge >= 0.3 is 11.9 Å². The third kappa shape index (κ3) is 7.34. The molecule has 0 aromatic rings. The lowest BCUT2D eigenvalue weighted by atomic mass is 9.96. The van der Waals surface area contributed by atoms with Gasteiger partial charge in [-0.05, 0) is 6.42 Å². The zero-order valence-electron chi connectivity index (χ0n) is 11.7. The van der Waals surface area contributed by atoms with Crippen LogP contribution in [0.25, 0.3) is 0 Å². The molecule has 2 amide bonds. The van der Waals surface area contributed by atoms with Crippen molar-refractivity contribution in [3.63, 3.8) is 0 Å². The molecular weight excluding hydrogens is 268 g/mol. The van der Waals surface area contributed by atoms with E-state index in [-0.39, 0.29) is 25.3 Å². The van der Waals surface area contributed by atoms with Crippen molar-refractivity contribution in [3.05, 3.63) is 0 Å². The molecule has 0 saturated carbocycles. The van der Waals surface area contributed by atoms with Gasteiger partial charge in [0.25, 0.3) is 0 Å². The number of carboxylic acids is 2. The van der Waals surface area contributed by atoms with Crippen LogP contribution in [0.4, 0.5) is 0 Å². The molecule has 0 heterocycles. The predicted molar refractivity (Wildman–Crippen MR) is 68.9 cm³/mol. The van der Waals surface area contributed by atoms with E-state index >= 15 is 0 Å². The third-order valence-electron chi connectivity index (χ3n) is 2.37. The molecule has 0 aliphatic rings. The smallest absolute Gasteiger partial charge is 0.326 e. The van der Waals surface area contributed by atoms with Crippen molar-refractivity contribution in [2.75, 3.05) is 6.54 Å². The highest BCUT2D eigenvalue weighted by atomic mass is 16.4. The van der Waals surface area contributed by atoms with Crippen LogP contribution in [0.3, 0.4) is 0 Å². The molecule has 8 heteroatoms. The molecule has 0 aromatic heterocycles. The molecule has 8 nitrogen and oxygen atoms in total. The Morgan fingerprint density at radius 2 is 1.65 bits per heavy atom. The minimum absolute atomic E-state index is 0.219. The topological polar surface area (TPSA) is 133 Å². The van der Waals surface area contributed by atoms with Gasteiger partial charge in [-0.25, -0.2) is 4.79 Å². The Kier molecular flexibility index (Phi) is 6.67. The number of hydrogen-bond acceptors (Lipinski definition) is 4. The monoisotopic (exact) mass is 288 g/mol. The fourth-order valence-corrected chi connectivity index (χ4v) is 1.20. The average Bonchev–Trinajstić information content (AvgIpc) is 2.29. The standard InChI is InChI=1S/C12H20N2O6/c1-12(2,3)11(20)13-6-8(15)14-7(10(18)19)4-5-9(16)17/h7H,4-6H2,1-3H3,(H,13,20)(H,14,15)(H,16,17)(H,18,19). The number of nitrogens with one attached hydrogen (secondary N) is 2. The maximum atomic E-state index is 11.5. The van der Waals surface area contributed by atoms with Crippen LogP contribution in [0.5, 0.6) is 0 Å². The summed E-state index contributed by atoms with van der Waals surface area (Å²) in [6.07, 6.45) is -0.588. The second kappa shape index (κ2) is 7.46. The maximum absolute atomic E-state index is 11.5. The second-order valence-corrected chi connectivity index (χ2v) is 5.32. The van der Waals surface area contributed by atoms with Gasteiger partial charge in [-0.1, -0.05) is 20.8 Å². The Morgan fingerprint density at radius 1 is 1.10 bits per heavy atom. The van der Waals surface area contributed by atoms with Crippen LogP contribution in [-0.4, -0.2) is 46.6 Å². The molecule has 114 valence electrons. The molecule has 20 heavy (non-hydrogen) atoms. The van der Waals surface area contributed by atoms with Crippen LogP contribution in [0.15, 0.2) is 0 Å². The highest BCUT2D eigenvalue weighted by Crippen LogP contribution is 2.11. The van der Waals surface area contributed by atoms with Gasteiger partial charge in [-0.3, -0.25) is 14.4 Å². The SMILES string of the molecule is CC(C)(C)C(=O)NCC(=O)NC(CCC(=O)O)C(=O)O. The average molecular weight is 288 g/mol. The van der Waals surface area contributed by atoms with Gasteiger partial charge in [0.15, 0.2) is 0 Å². The lowest BCUT2D eigenvalue weighted by molar-refractivity contribution is -0.143. The number of amides is 2. The number of rotatable bonds is 7. The molecule has 1 atom stereocenters. The molecule has 0 fully saturated rings. The lowest BCUT2D eigenvalue weighted by Crippen LogP contribution is -2.47. The molecule has 1 unspecified atom stereocenters. The molecule has 0 aromatic carbocycles. The third-order valence-corrected chi connectivity index (χ3v) is 2.37. The van der Waals surface area contributed by atoms with Gasteiger partial charge in [0.1, 0.15) is 6.04 Å². The molecule has 0 aliphatic heterocycles. The normalized spacial score (nSPS) is 12.3. The van der Waals surface area contributed by atoms with Crippen LogP contribution < -0.4 is 10.6 Å². The summed E-state index contributed by atoms with van der Waals surface area (Å²) in [6.45, 7) is 4.67. The van der Waals surface area contributed by atoms with Gasteiger partial charge in [0.2, 0.25) is 11.8 Å². The first-order valence-electron chi connectivity index (χ1n) is 6.06. The fraction of sp³-hybridized carbons (Fsp3) is 0.667. The molecule has 0 spiro atoms. The van der Waals surface area contributed by atoms with E-state index in [1.807, 2.05) is 0 Å². The lowest BCUT2D eigenvalue weighted by Gasteiger charge is -2.18. The maximum Gasteiger partial charge on any atom is 0.326 e. The minimum atomic E-state index is -1.32. The highest BCUT2D eigenvalue weighted by Gasteiger charge is 2.24. The minimum Gasteiger partial charge on any atom is -0.481 e. The zero-order valence-corrected chi connectivity index (χ0v) is 11.7. The van der Waals surface area contributed by atoms with Gasteiger partial charge in [0.05, 0.1) is 6.54 Å². The first-order chi connectivity index (χ1) is 9.04. The second-order valence-electron chi connectivity index (χ2n) is 5.32. The summed E-state index contributed by atoms with van der Waals surface area (Å²) < 4.78 is 0.